The largest absolute Gasteiger partial charge is 0.397 e. The van der Waals surface area contributed by atoms with Crippen LogP contribution in [0, 0.1) is 6.92 Å². The monoisotopic (exact) mass is 146 g/mol. The minimum atomic E-state index is 0.740. The van der Waals surface area contributed by atoms with Crippen LogP contribution in [0.3, 0.4) is 0 Å². The molecule has 1 aliphatic carbocycles. The molecule has 1 aromatic rings. The first-order valence-electron chi connectivity index (χ1n) is 3.57. The van der Waals surface area contributed by atoms with E-state index in [0.717, 1.165) is 21.8 Å². The molecule has 0 unspecified atom stereocenters. The van der Waals surface area contributed by atoms with Crippen LogP contribution in [0.5, 0.6) is 0 Å². The molecule has 1 aromatic carbocycles. The molecule has 11 heavy (non-hydrogen) atoms. The Balaban J connectivity index is 2.96. The lowest BCUT2D eigenvalue weighted by Crippen LogP contribution is -2.45. The van der Waals surface area contributed by atoms with E-state index >= 15 is 0 Å². The summed E-state index contributed by atoms with van der Waals surface area (Å²) >= 11 is 0. The van der Waals surface area contributed by atoms with Gasteiger partial charge in [0.05, 0.1) is 11.4 Å². The maximum Gasteiger partial charge on any atom is 0.0637 e. The highest BCUT2D eigenvalue weighted by Gasteiger charge is 2.10. The van der Waals surface area contributed by atoms with Gasteiger partial charge in [-0.05, 0) is 12.5 Å². The molecule has 0 aromatic heterocycles. The Morgan fingerprint density at radius 3 is 2.45 bits per heavy atom. The lowest BCUT2D eigenvalue weighted by molar-refractivity contribution is 1.26. The van der Waals surface area contributed by atoms with Crippen molar-refractivity contribution >= 4 is 11.4 Å². The van der Waals surface area contributed by atoms with Gasteiger partial charge in [-0.3, -0.25) is 0 Å². The molecule has 1 aliphatic rings. The van der Waals surface area contributed by atoms with Crippen LogP contribution in [-0.4, -0.2) is 0 Å². The average Bonchev–Trinajstić information content (AvgIpc) is 2.03. The van der Waals surface area contributed by atoms with Crippen molar-refractivity contribution < 1.29 is 0 Å². The summed E-state index contributed by atoms with van der Waals surface area (Å²) in [5, 5.41) is 2.23. The SMILES string of the molecule is Cc1cccc2c1=C(N)C=2N. The van der Waals surface area contributed by atoms with Gasteiger partial charge in [0.2, 0.25) is 0 Å². The molecule has 0 saturated heterocycles. The van der Waals surface area contributed by atoms with Gasteiger partial charge in [-0.25, -0.2) is 0 Å². The van der Waals surface area contributed by atoms with E-state index in [0.29, 0.717) is 0 Å². The van der Waals surface area contributed by atoms with Crippen LogP contribution in [0.1, 0.15) is 5.56 Å². The van der Waals surface area contributed by atoms with E-state index < -0.39 is 0 Å². The van der Waals surface area contributed by atoms with Crippen molar-refractivity contribution in [2.75, 3.05) is 0 Å². The molecule has 4 N–H and O–H groups in total. The third kappa shape index (κ3) is 0.611. The molecule has 0 heterocycles. The van der Waals surface area contributed by atoms with E-state index in [1.165, 1.54) is 5.56 Å². The normalized spacial score (nSPS) is 14.3. The zero-order valence-corrected chi connectivity index (χ0v) is 6.39. The van der Waals surface area contributed by atoms with Crippen molar-refractivity contribution in [3.63, 3.8) is 0 Å². The summed E-state index contributed by atoms with van der Waals surface area (Å²) in [4.78, 5) is 0. The highest BCUT2D eigenvalue weighted by Crippen LogP contribution is 2.00. The van der Waals surface area contributed by atoms with Gasteiger partial charge in [0.15, 0.2) is 0 Å². The molecule has 0 aliphatic heterocycles. The van der Waals surface area contributed by atoms with Gasteiger partial charge in [0.25, 0.3) is 0 Å². The predicted octanol–water partition coefficient (Wildman–Crippen LogP) is -0.858. The fraction of sp³-hybridized carbons (Fsp3) is 0.111. The Bertz CT molecular complexity index is 429. The van der Waals surface area contributed by atoms with Crippen LogP contribution in [0.15, 0.2) is 18.2 Å². The highest BCUT2D eigenvalue weighted by molar-refractivity contribution is 5.90. The number of nitrogens with two attached hydrogens (primary N) is 2. The van der Waals surface area contributed by atoms with Gasteiger partial charge in [-0.1, -0.05) is 18.2 Å². The van der Waals surface area contributed by atoms with Crippen molar-refractivity contribution in [3.05, 3.63) is 34.2 Å². The van der Waals surface area contributed by atoms with Crippen molar-refractivity contribution in [1.82, 2.24) is 0 Å². The van der Waals surface area contributed by atoms with Crippen LogP contribution in [0.25, 0.3) is 11.4 Å². The molecule has 0 radical (unpaired) electrons. The Morgan fingerprint density at radius 2 is 1.82 bits per heavy atom. The Hall–Kier alpha value is -1.44. The quantitative estimate of drug-likeness (QED) is 0.500. The number of hydrogen-bond donors (Lipinski definition) is 2. The fourth-order valence-electron chi connectivity index (χ4n) is 1.47. The second kappa shape index (κ2) is 1.78. The molecule has 0 fully saturated rings. The molecular formula is C9H10N2. The van der Waals surface area contributed by atoms with E-state index in [-0.39, 0.29) is 0 Å². The molecule has 2 rings (SSSR count). The summed E-state index contributed by atoms with van der Waals surface area (Å²) in [6, 6.07) is 6.03. The first kappa shape index (κ1) is 6.28. The first-order valence-corrected chi connectivity index (χ1v) is 3.57. The fourth-order valence-corrected chi connectivity index (χ4v) is 1.47. The number of fused-ring (bicyclic) bond motifs is 1. The maximum absolute atomic E-state index is 5.69. The summed E-state index contributed by atoms with van der Waals surface area (Å²) in [6.45, 7) is 2.04. The minimum Gasteiger partial charge on any atom is -0.397 e. The maximum atomic E-state index is 5.69. The zero-order valence-electron chi connectivity index (χ0n) is 6.39. The second-order valence-electron chi connectivity index (χ2n) is 2.82. The van der Waals surface area contributed by atoms with Crippen LogP contribution >= 0.6 is 0 Å². The van der Waals surface area contributed by atoms with Gasteiger partial charge in [-0.15, -0.1) is 0 Å². The third-order valence-electron chi connectivity index (χ3n) is 2.12. The van der Waals surface area contributed by atoms with Gasteiger partial charge in [-0.2, -0.15) is 0 Å². The summed E-state index contributed by atoms with van der Waals surface area (Å²) in [7, 11) is 0. The van der Waals surface area contributed by atoms with Gasteiger partial charge in [0, 0.05) is 10.4 Å². The standard InChI is InChI=1S/C9H10N2/c1-5-3-2-4-6-7(5)9(11)8(6)10/h2-4H,10-11H2,1H3. The molecular weight excluding hydrogens is 136 g/mol. The van der Waals surface area contributed by atoms with Crippen LogP contribution in [0.2, 0.25) is 0 Å². The van der Waals surface area contributed by atoms with E-state index in [1.54, 1.807) is 0 Å². The van der Waals surface area contributed by atoms with E-state index in [2.05, 4.69) is 0 Å². The van der Waals surface area contributed by atoms with Crippen LogP contribution < -0.4 is 21.9 Å². The smallest absolute Gasteiger partial charge is 0.0637 e. The number of benzene rings is 1. The van der Waals surface area contributed by atoms with Crippen LogP contribution in [-0.2, 0) is 0 Å². The van der Waals surface area contributed by atoms with Crippen molar-refractivity contribution in [2.45, 2.75) is 6.92 Å². The number of hydrogen-bond acceptors (Lipinski definition) is 2. The zero-order chi connectivity index (χ0) is 8.01. The van der Waals surface area contributed by atoms with Gasteiger partial charge in [0.1, 0.15) is 0 Å². The van der Waals surface area contributed by atoms with E-state index in [1.807, 2.05) is 25.1 Å². The number of aryl methyl sites for hydroxylation is 1. The Labute approximate surface area is 64.8 Å². The third-order valence-corrected chi connectivity index (χ3v) is 2.12. The minimum absolute atomic E-state index is 0.740. The van der Waals surface area contributed by atoms with Crippen molar-refractivity contribution in [1.29, 1.82) is 0 Å². The summed E-state index contributed by atoms with van der Waals surface area (Å²) in [5.41, 5.74) is 14.0. The molecule has 2 nitrogen and oxygen atoms in total. The Morgan fingerprint density at radius 1 is 1.09 bits per heavy atom. The molecule has 0 spiro atoms. The molecule has 56 valence electrons. The van der Waals surface area contributed by atoms with E-state index in [9.17, 15) is 0 Å². The molecule has 0 amide bonds. The summed E-state index contributed by atoms with van der Waals surface area (Å²) < 4.78 is 0. The van der Waals surface area contributed by atoms with Gasteiger partial charge < -0.3 is 11.5 Å². The summed E-state index contributed by atoms with van der Waals surface area (Å²) in [6.07, 6.45) is 0. The topological polar surface area (TPSA) is 52.0 Å². The molecule has 0 bridgehead atoms. The lowest BCUT2D eigenvalue weighted by atomic mass is 9.99. The summed E-state index contributed by atoms with van der Waals surface area (Å²) in [5.74, 6) is 0. The Kier molecular flexibility index (Phi) is 1.02. The van der Waals surface area contributed by atoms with Crippen LogP contribution in [0.4, 0.5) is 0 Å². The molecule has 0 atom stereocenters. The first-order chi connectivity index (χ1) is 5.22. The molecule has 0 saturated carbocycles. The average molecular weight is 146 g/mol. The van der Waals surface area contributed by atoms with E-state index in [4.69, 9.17) is 11.5 Å². The van der Waals surface area contributed by atoms with Gasteiger partial charge >= 0.3 is 0 Å². The molecule has 2 heteroatoms. The predicted molar refractivity (Wildman–Crippen MR) is 45.6 cm³/mol. The number of rotatable bonds is 0. The lowest BCUT2D eigenvalue weighted by Gasteiger charge is -2.13. The van der Waals surface area contributed by atoms with Crippen molar-refractivity contribution in [3.8, 4) is 0 Å². The van der Waals surface area contributed by atoms with Crippen molar-refractivity contribution in [2.24, 2.45) is 11.5 Å². The highest BCUT2D eigenvalue weighted by atomic mass is 14.7. The second-order valence-corrected chi connectivity index (χ2v) is 2.82.